The van der Waals surface area contributed by atoms with Crippen LogP contribution < -0.4 is 11.1 Å². The van der Waals surface area contributed by atoms with Gasteiger partial charge in [0.25, 0.3) is 5.69 Å². The number of carbonyl (C=O) groups is 1. The summed E-state index contributed by atoms with van der Waals surface area (Å²) in [6, 6.07) is 3.04. The van der Waals surface area contributed by atoms with Crippen molar-refractivity contribution in [3.8, 4) is 0 Å². The molecule has 1 amide bonds. The molecule has 2 fully saturated rings. The Labute approximate surface area is 163 Å². The van der Waals surface area contributed by atoms with Crippen LogP contribution in [0.1, 0.15) is 19.3 Å². The minimum absolute atomic E-state index is 0. The van der Waals surface area contributed by atoms with Gasteiger partial charge < -0.3 is 20.7 Å². The lowest BCUT2D eigenvalue weighted by molar-refractivity contribution is -0.385. The second kappa shape index (κ2) is 9.31. The second-order valence-corrected chi connectivity index (χ2v) is 6.31. The maximum absolute atomic E-state index is 12.7. The number of nitrogens with two attached hydrogens (primary N) is 1. The molecule has 26 heavy (non-hydrogen) atoms. The van der Waals surface area contributed by atoms with Crippen LogP contribution in [-0.4, -0.2) is 58.6 Å². The van der Waals surface area contributed by atoms with Crippen molar-refractivity contribution in [1.29, 1.82) is 0 Å². The summed E-state index contributed by atoms with van der Waals surface area (Å²) >= 11 is 0. The zero-order valence-corrected chi connectivity index (χ0v) is 15.8. The molecule has 2 aliphatic heterocycles. The second-order valence-electron chi connectivity index (χ2n) is 6.31. The molecule has 2 aliphatic rings. The van der Waals surface area contributed by atoms with E-state index in [4.69, 9.17) is 10.5 Å². The Bertz CT molecular complexity index is 625. The van der Waals surface area contributed by atoms with E-state index in [9.17, 15) is 14.9 Å². The standard InChI is InChI=1S/C15H21N5O4.2ClH/c16-15(4-7-24-8-5-15)14(21)19-6-3-11(10-19)18-13-2-1-12(9-17-13)20(22)23;;/h1-2,9,11H,3-8,10,16H2,(H,17,18);2*1H. The molecule has 3 heterocycles. The summed E-state index contributed by atoms with van der Waals surface area (Å²) in [7, 11) is 0. The van der Waals surface area contributed by atoms with Gasteiger partial charge in [-0.1, -0.05) is 0 Å². The Balaban J connectivity index is 0.00000169. The number of nitro groups is 1. The van der Waals surface area contributed by atoms with Crippen LogP contribution in [0.3, 0.4) is 0 Å². The molecule has 146 valence electrons. The van der Waals surface area contributed by atoms with Gasteiger partial charge in [0.15, 0.2) is 0 Å². The first kappa shape index (κ1) is 22.4. The fraction of sp³-hybridized carbons (Fsp3) is 0.600. The highest BCUT2D eigenvalue weighted by Gasteiger charge is 2.41. The van der Waals surface area contributed by atoms with Crippen LogP contribution in [0.2, 0.25) is 0 Å². The molecule has 2 saturated heterocycles. The smallest absolute Gasteiger partial charge is 0.287 e. The van der Waals surface area contributed by atoms with E-state index in [1.54, 1.807) is 11.0 Å². The van der Waals surface area contributed by atoms with E-state index in [-0.39, 0.29) is 42.5 Å². The summed E-state index contributed by atoms with van der Waals surface area (Å²) in [6.45, 7) is 2.23. The minimum atomic E-state index is -0.821. The van der Waals surface area contributed by atoms with Gasteiger partial charge in [-0.3, -0.25) is 14.9 Å². The number of anilines is 1. The third kappa shape index (κ3) is 4.94. The number of rotatable bonds is 4. The SMILES string of the molecule is Cl.Cl.NC1(C(=O)N2CCC(Nc3ccc([N+](=O)[O-])cn3)C2)CCOCC1. The number of nitrogens with zero attached hydrogens (tertiary/aromatic N) is 3. The summed E-state index contributed by atoms with van der Waals surface area (Å²) < 4.78 is 5.29. The van der Waals surface area contributed by atoms with E-state index < -0.39 is 10.5 Å². The Hall–Kier alpha value is -1.68. The van der Waals surface area contributed by atoms with Crippen LogP contribution in [-0.2, 0) is 9.53 Å². The van der Waals surface area contributed by atoms with Gasteiger partial charge in [0, 0.05) is 38.4 Å². The Morgan fingerprint density at radius 1 is 1.38 bits per heavy atom. The van der Waals surface area contributed by atoms with E-state index in [2.05, 4.69) is 10.3 Å². The van der Waals surface area contributed by atoms with Crippen molar-refractivity contribution in [2.45, 2.75) is 30.8 Å². The molecule has 0 bridgehead atoms. The normalized spacial score (nSPS) is 21.3. The third-order valence-electron chi connectivity index (χ3n) is 4.60. The molecule has 3 rings (SSSR count). The van der Waals surface area contributed by atoms with Gasteiger partial charge in [-0.2, -0.15) is 0 Å². The molecule has 1 atom stereocenters. The summed E-state index contributed by atoms with van der Waals surface area (Å²) in [5.74, 6) is 0.542. The van der Waals surface area contributed by atoms with Crippen molar-refractivity contribution in [2.75, 3.05) is 31.6 Å². The van der Waals surface area contributed by atoms with Crippen molar-refractivity contribution >= 4 is 42.2 Å². The highest BCUT2D eigenvalue weighted by atomic mass is 35.5. The highest BCUT2D eigenvalue weighted by Crippen LogP contribution is 2.24. The van der Waals surface area contributed by atoms with E-state index in [1.165, 1.54) is 12.3 Å². The van der Waals surface area contributed by atoms with E-state index >= 15 is 0 Å². The van der Waals surface area contributed by atoms with Crippen molar-refractivity contribution in [3.05, 3.63) is 28.4 Å². The molecule has 1 aromatic rings. The fourth-order valence-corrected chi connectivity index (χ4v) is 3.12. The predicted molar refractivity (Wildman–Crippen MR) is 101 cm³/mol. The summed E-state index contributed by atoms with van der Waals surface area (Å²) in [6.07, 6.45) is 3.10. The first-order chi connectivity index (χ1) is 11.5. The van der Waals surface area contributed by atoms with E-state index in [1.807, 2.05) is 0 Å². The highest BCUT2D eigenvalue weighted by molar-refractivity contribution is 5.86. The first-order valence-electron chi connectivity index (χ1n) is 8.01. The van der Waals surface area contributed by atoms with Crippen LogP contribution in [0.25, 0.3) is 0 Å². The third-order valence-corrected chi connectivity index (χ3v) is 4.60. The number of likely N-dealkylation sites (tertiary alicyclic amines) is 1. The van der Waals surface area contributed by atoms with Crippen molar-refractivity contribution in [3.63, 3.8) is 0 Å². The van der Waals surface area contributed by atoms with Gasteiger partial charge in [-0.15, -0.1) is 24.8 Å². The number of aromatic nitrogens is 1. The Kier molecular flexibility index (Phi) is 8.01. The quantitative estimate of drug-likeness (QED) is 0.569. The Morgan fingerprint density at radius 2 is 2.08 bits per heavy atom. The lowest BCUT2D eigenvalue weighted by Crippen LogP contribution is -2.57. The molecule has 0 aliphatic carbocycles. The largest absolute Gasteiger partial charge is 0.381 e. The molecular weight excluding hydrogens is 385 g/mol. The number of pyridine rings is 1. The van der Waals surface area contributed by atoms with Crippen LogP contribution in [0, 0.1) is 10.1 Å². The zero-order valence-electron chi connectivity index (χ0n) is 14.1. The molecule has 11 heteroatoms. The van der Waals surface area contributed by atoms with Gasteiger partial charge in [-0.25, -0.2) is 4.98 Å². The average Bonchev–Trinajstić information content (AvgIpc) is 3.03. The zero-order chi connectivity index (χ0) is 17.2. The van der Waals surface area contributed by atoms with Crippen LogP contribution in [0.4, 0.5) is 11.5 Å². The molecule has 0 aromatic carbocycles. The van der Waals surface area contributed by atoms with E-state index in [0.29, 0.717) is 45.0 Å². The molecule has 1 unspecified atom stereocenters. The fourth-order valence-electron chi connectivity index (χ4n) is 3.12. The van der Waals surface area contributed by atoms with Crippen LogP contribution in [0.15, 0.2) is 18.3 Å². The number of hydrogen-bond donors (Lipinski definition) is 2. The molecule has 1 aromatic heterocycles. The van der Waals surface area contributed by atoms with Gasteiger partial charge in [-0.05, 0) is 25.3 Å². The van der Waals surface area contributed by atoms with E-state index in [0.717, 1.165) is 6.42 Å². The maximum Gasteiger partial charge on any atom is 0.287 e. The van der Waals surface area contributed by atoms with Crippen molar-refractivity contribution in [2.24, 2.45) is 5.73 Å². The number of ether oxygens (including phenoxy) is 1. The number of hydrogen-bond acceptors (Lipinski definition) is 7. The first-order valence-corrected chi connectivity index (χ1v) is 8.01. The van der Waals surface area contributed by atoms with Crippen molar-refractivity contribution in [1.82, 2.24) is 9.88 Å². The monoisotopic (exact) mass is 407 g/mol. The summed E-state index contributed by atoms with van der Waals surface area (Å²) in [5, 5.41) is 13.8. The number of halogens is 2. The van der Waals surface area contributed by atoms with Gasteiger partial charge in [0.2, 0.25) is 5.91 Å². The summed E-state index contributed by atoms with van der Waals surface area (Å²) in [5.41, 5.74) is 5.39. The molecule has 0 radical (unpaired) electrons. The topological polar surface area (TPSA) is 124 Å². The Morgan fingerprint density at radius 3 is 2.65 bits per heavy atom. The lowest BCUT2D eigenvalue weighted by Gasteiger charge is -2.35. The van der Waals surface area contributed by atoms with Gasteiger partial charge in [0.1, 0.15) is 12.0 Å². The number of carbonyl (C=O) groups excluding carboxylic acids is 1. The summed E-state index contributed by atoms with van der Waals surface area (Å²) in [4.78, 5) is 28.6. The number of amides is 1. The molecule has 9 nitrogen and oxygen atoms in total. The lowest BCUT2D eigenvalue weighted by atomic mass is 9.90. The molecule has 3 N–H and O–H groups in total. The van der Waals surface area contributed by atoms with Crippen LogP contribution >= 0.6 is 24.8 Å². The van der Waals surface area contributed by atoms with Gasteiger partial charge in [0.05, 0.1) is 10.5 Å². The maximum atomic E-state index is 12.7. The van der Waals surface area contributed by atoms with Crippen molar-refractivity contribution < 1.29 is 14.5 Å². The molecule has 0 saturated carbocycles. The van der Waals surface area contributed by atoms with Gasteiger partial charge >= 0.3 is 0 Å². The molecular formula is C15H23Cl2N5O4. The predicted octanol–water partition coefficient (Wildman–Crippen LogP) is 1.35. The minimum Gasteiger partial charge on any atom is -0.381 e. The number of nitrogens with one attached hydrogen (secondary N) is 1. The molecule has 0 spiro atoms. The average molecular weight is 408 g/mol. The van der Waals surface area contributed by atoms with Crippen LogP contribution in [0.5, 0.6) is 0 Å².